The smallest absolute Gasteiger partial charge is 0.407 e. The van der Waals surface area contributed by atoms with Crippen LogP contribution in [0.1, 0.15) is 84.0 Å². The number of nitrogens with one attached hydrogen (secondary N) is 4. The fraction of sp³-hybridized carbons (Fsp3) is 0.571. The van der Waals surface area contributed by atoms with Gasteiger partial charge in [0.1, 0.15) is 22.3 Å². The molecule has 1 aromatic carbocycles. The van der Waals surface area contributed by atoms with Crippen molar-refractivity contribution in [3.8, 4) is 11.3 Å². The molecule has 1 atom stereocenters. The largest absolute Gasteiger partial charge is 0.444 e. The molecule has 9 nitrogen and oxygen atoms in total. The predicted octanol–water partition coefficient (Wildman–Crippen LogP) is 5.73. The minimum Gasteiger partial charge on any atom is -0.444 e. The lowest BCUT2D eigenvalue weighted by molar-refractivity contribution is -0.127. The quantitative estimate of drug-likeness (QED) is 0.392. The first-order chi connectivity index (χ1) is 18.1. The van der Waals surface area contributed by atoms with Gasteiger partial charge in [-0.15, -0.1) is 0 Å². The molecule has 1 aliphatic heterocycles. The molecule has 0 radical (unpaired) electrons. The summed E-state index contributed by atoms with van der Waals surface area (Å²) in [7, 11) is 0. The number of rotatable bonds is 4. The molecule has 1 saturated carbocycles. The topological polar surface area (TPSA) is 125 Å². The lowest BCUT2D eigenvalue weighted by atomic mass is 9.81. The minimum absolute atomic E-state index is 0.00728. The normalized spacial score (nSPS) is 22.2. The van der Waals surface area contributed by atoms with Crippen LogP contribution in [0.4, 0.5) is 10.5 Å². The summed E-state index contributed by atoms with van der Waals surface area (Å²) in [5.41, 5.74) is 1.42. The lowest BCUT2D eigenvalue weighted by Gasteiger charge is -2.29. The number of aromatic amines is 1. The van der Waals surface area contributed by atoms with Gasteiger partial charge in [0.25, 0.3) is 0 Å². The molecule has 0 spiro atoms. The molecular weight excluding hydrogens is 506 g/mol. The third kappa shape index (κ3) is 7.49. The van der Waals surface area contributed by atoms with Crippen LogP contribution in [0.5, 0.6) is 0 Å². The molecule has 1 unspecified atom stereocenters. The van der Waals surface area contributed by atoms with Crippen molar-refractivity contribution in [2.24, 2.45) is 11.8 Å². The first-order valence-electron chi connectivity index (χ1n) is 13.5. The number of alkyl carbamates (subject to hydrolysis) is 1. The number of hydrogen-bond donors (Lipinski definition) is 4. The zero-order valence-electron chi connectivity index (χ0n) is 22.4. The van der Waals surface area contributed by atoms with Gasteiger partial charge in [-0.2, -0.15) is 0 Å². The van der Waals surface area contributed by atoms with Crippen LogP contribution >= 0.6 is 11.6 Å². The van der Waals surface area contributed by atoms with Gasteiger partial charge in [0.15, 0.2) is 0 Å². The summed E-state index contributed by atoms with van der Waals surface area (Å²) < 4.78 is 5.31. The molecule has 2 aliphatic rings. The van der Waals surface area contributed by atoms with Crippen LogP contribution in [0.2, 0.25) is 5.15 Å². The van der Waals surface area contributed by atoms with Crippen LogP contribution in [0, 0.1) is 11.8 Å². The van der Waals surface area contributed by atoms with E-state index < -0.39 is 11.7 Å². The van der Waals surface area contributed by atoms with E-state index in [0.29, 0.717) is 54.1 Å². The van der Waals surface area contributed by atoms with Crippen LogP contribution in [-0.4, -0.2) is 40.0 Å². The van der Waals surface area contributed by atoms with Gasteiger partial charge in [0, 0.05) is 24.4 Å². The van der Waals surface area contributed by atoms with E-state index in [1.807, 2.05) is 45.0 Å². The Morgan fingerprint density at radius 2 is 1.84 bits per heavy atom. The number of carbonyl (C=O) groups excluding carboxylic acids is 3. The van der Waals surface area contributed by atoms with Crippen molar-refractivity contribution in [1.29, 1.82) is 0 Å². The van der Waals surface area contributed by atoms with Crippen molar-refractivity contribution in [2.45, 2.75) is 83.8 Å². The number of halogens is 1. The monoisotopic (exact) mass is 543 g/mol. The van der Waals surface area contributed by atoms with Gasteiger partial charge >= 0.3 is 6.09 Å². The predicted molar refractivity (Wildman–Crippen MR) is 147 cm³/mol. The van der Waals surface area contributed by atoms with Gasteiger partial charge in [-0.25, -0.2) is 9.78 Å². The number of aromatic nitrogens is 2. The molecule has 2 bridgehead atoms. The van der Waals surface area contributed by atoms with Crippen LogP contribution in [-0.2, 0) is 14.3 Å². The Kier molecular flexibility index (Phi) is 8.97. The summed E-state index contributed by atoms with van der Waals surface area (Å²) >= 11 is 6.55. The molecule has 4 N–H and O–H groups in total. The Balaban J connectivity index is 1.39. The molecule has 4 rings (SSSR count). The van der Waals surface area contributed by atoms with E-state index in [4.69, 9.17) is 21.3 Å². The van der Waals surface area contributed by atoms with Crippen molar-refractivity contribution in [3.63, 3.8) is 0 Å². The Morgan fingerprint density at radius 1 is 1.11 bits per heavy atom. The summed E-state index contributed by atoms with van der Waals surface area (Å²) in [5.74, 6) is 0.808. The Labute approximate surface area is 228 Å². The average molecular weight is 544 g/mol. The van der Waals surface area contributed by atoms with E-state index in [1.54, 1.807) is 0 Å². The highest BCUT2D eigenvalue weighted by Crippen LogP contribution is 2.35. The lowest BCUT2D eigenvalue weighted by Crippen LogP contribution is -2.39. The van der Waals surface area contributed by atoms with E-state index in [-0.39, 0.29) is 23.8 Å². The third-order valence-electron chi connectivity index (χ3n) is 7.08. The highest BCUT2D eigenvalue weighted by atomic mass is 35.5. The van der Waals surface area contributed by atoms with Crippen LogP contribution in [0.25, 0.3) is 11.3 Å². The number of amides is 3. The summed E-state index contributed by atoms with van der Waals surface area (Å²) in [6.07, 6.45) is 5.36. The fourth-order valence-corrected chi connectivity index (χ4v) is 5.34. The highest BCUT2D eigenvalue weighted by molar-refractivity contribution is 6.32. The van der Waals surface area contributed by atoms with E-state index >= 15 is 0 Å². The second kappa shape index (κ2) is 12.2. The number of anilines is 1. The van der Waals surface area contributed by atoms with Gasteiger partial charge in [0.05, 0.1) is 11.7 Å². The van der Waals surface area contributed by atoms with Gasteiger partial charge < -0.3 is 25.7 Å². The Bertz CT molecular complexity index is 1150. The maximum Gasteiger partial charge on any atom is 0.407 e. The number of imidazole rings is 1. The number of para-hydroxylation sites is 1. The van der Waals surface area contributed by atoms with E-state index in [2.05, 4.69) is 20.9 Å². The fourth-order valence-electron chi connectivity index (χ4n) is 5.10. The zero-order valence-corrected chi connectivity index (χ0v) is 23.1. The summed E-state index contributed by atoms with van der Waals surface area (Å²) in [6, 6.07) is 7.12. The second-order valence-electron chi connectivity index (χ2n) is 11.3. The van der Waals surface area contributed by atoms with E-state index in [0.717, 1.165) is 37.7 Å². The number of benzene rings is 1. The number of fused-ring (bicyclic) bond motifs is 4. The molecule has 2 heterocycles. The molecule has 1 fully saturated rings. The van der Waals surface area contributed by atoms with E-state index in [1.165, 1.54) is 0 Å². The van der Waals surface area contributed by atoms with E-state index in [9.17, 15) is 14.4 Å². The Morgan fingerprint density at radius 3 is 2.58 bits per heavy atom. The first-order valence-corrected chi connectivity index (χ1v) is 13.9. The van der Waals surface area contributed by atoms with Crippen LogP contribution in [0.3, 0.4) is 0 Å². The molecule has 1 aliphatic carbocycles. The molecule has 0 saturated heterocycles. The van der Waals surface area contributed by atoms with Gasteiger partial charge in [0.2, 0.25) is 11.8 Å². The highest BCUT2D eigenvalue weighted by Gasteiger charge is 2.30. The zero-order chi connectivity index (χ0) is 27.3. The number of carbonyl (C=O) groups is 3. The third-order valence-corrected chi connectivity index (χ3v) is 7.35. The van der Waals surface area contributed by atoms with Crippen molar-refractivity contribution < 1.29 is 19.1 Å². The van der Waals surface area contributed by atoms with Crippen molar-refractivity contribution in [2.75, 3.05) is 11.9 Å². The number of H-pyrrole nitrogens is 1. The molecule has 206 valence electrons. The van der Waals surface area contributed by atoms with Crippen molar-refractivity contribution >= 4 is 35.2 Å². The van der Waals surface area contributed by atoms with Crippen LogP contribution < -0.4 is 16.0 Å². The van der Waals surface area contributed by atoms with Gasteiger partial charge in [-0.1, -0.05) is 36.2 Å². The first kappa shape index (κ1) is 28.0. The molecule has 1 aromatic heterocycles. The average Bonchev–Trinajstić information content (AvgIpc) is 3.25. The van der Waals surface area contributed by atoms with Crippen molar-refractivity contribution in [3.05, 3.63) is 35.2 Å². The number of hydrogen-bond acceptors (Lipinski definition) is 5. The Hall–Kier alpha value is -3.07. The minimum atomic E-state index is -0.526. The summed E-state index contributed by atoms with van der Waals surface area (Å²) in [6.45, 7) is 6.07. The number of nitrogens with zero attached hydrogens (tertiary/aromatic N) is 1. The van der Waals surface area contributed by atoms with Crippen molar-refractivity contribution in [1.82, 2.24) is 20.6 Å². The number of ether oxygens (including phenoxy) is 1. The van der Waals surface area contributed by atoms with Gasteiger partial charge in [-0.05, 0) is 71.3 Å². The van der Waals surface area contributed by atoms with Crippen LogP contribution in [0.15, 0.2) is 24.3 Å². The molecule has 3 amide bonds. The second-order valence-corrected chi connectivity index (χ2v) is 11.7. The van der Waals surface area contributed by atoms with Gasteiger partial charge in [-0.3, -0.25) is 9.59 Å². The molecule has 10 heteroatoms. The SMILES string of the molecule is CC(C)(C)OC(=O)NCC1CCC(C(=O)NC2CCCCC(=O)Nc3ccccc3-c3nc2[nH]c3Cl)CC1. The standard InChI is InChI=1S/C28H38ClN5O4/c1-28(2,3)38-27(37)30-16-17-12-14-18(15-13-17)26(36)32-21-10-6-7-11-22(35)31-20-9-5-4-8-19(20)23-24(29)34-25(21)33-23/h4-5,8-9,17-18,21H,6-7,10-16H2,1-3H3,(H,30,37)(H,31,35)(H,32,36)(H,33,34). The maximum atomic E-state index is 13.3. The molecule has 2 aromatic rings. The summed E-state index contributed by atoms with van der Waals surface area (Å²) in [4.78, 5) is 45.6. The molecular formula is C28H38ClN5O4. The maximum absolute atomic E-state index is 13.3. The summed E-state index contributed by atoms with van der Waals surface area (Å²) in [5, 5.41) is 9.40. The molecule has 38 heavy (non-hydrogen) atoms.